The molecule has 1 saturated heterocycles. The first-order chi connectivity index (χ1) is 11.1. The SMILES string of the molecule is COc1ccc(CCC(=O)N2CCN([C@H](C)CC#N)CC2)cc1. The van der Waals surface area contributed by atoms with Gasteiger partial charge in [0.15, 0.2) is 0 Å². The van der Waals surface area contributed by atoms with E-state index < -0.39 is 0 Å². The number of aryl methyl sites for hydroxylation is 1. The van der Waals surface area contributed by atoms with E-state index in [1.807, 2.05) is 29.2 Å². The predicted octanol–water partition coefficient (Wildman–Crippen LogP) is 2.07. The second-order valence-corrected chi connectivity index (χ2v) is 5.98. The van der Waals surface area contributed by atoms with Crippen molar-refractivity contribution in [1.29, 1.82) is 5.26 Å². The van der Waals surface area contributed by atoms with Crippen LogP contribution in [0, 0.1) is 11.3 Å². The van der Waals surface area contributed by atoms with Crippen LogP contribution in [0.2, 0.25) is 0 Å². The Hall–Kier alpha value is -2.06. The fourth-order valence-electron chi connectivity index (χ4n) is 2.87. The van der Waals surface area contributed by atoms with Crippen LogP contribution < -0.4 is 4.74 Å². The minimum Gasteiger partial charge on any atom is -0.497 e. The van der Waals surface area contributed by atoms with Crippen LogP contribution in [0.15, 0.2) is 24.3 Å². The number of nitrogens with zero attached hydrogens (tertiary/aromatic N) is 3. The number of piperazine rings is 1. The van der Waals surface area contributed by atoms with Crippen LogP contribution in [0.4, 0.5) is 0 Å². The fraction of sp³-hybridized carbons (Fsp3) is 0.556. The van der Waals surface area contributed by atoms with Gasteiger partial charge in [0.1, 0.15) is 5.75 Å². The Morgan fingerprint density at radius 1 is 1.26 bits per heavy atom. The molecular weight excluding hydrogens is 290 g/mol. The summed E-state index contributed by atoms with van der Waals surface area (Å²) >= 11 is 0. The molecule has 0 spiro atoms. The number of amides is 1. The molecule has 0 saturated carbocycles. The highest BCUT2D eigenvalue weighted by Crippen LogP contribution is 2.14. The molecule has 0 N–H and O–H groups in total. The van der Waals surface area contributed by atoms with Gasteiger partial charge >= 0.3 is 0 Å². The summed E-state index contributed by atoms with van der Waals surface area (Å²) in [6.07, 6.45) is 1.85. The zero-order chi connectivity index (χ0) is 16.7. The van der Waals surface area contributed by atoms with Crippen LogP contribution in [0.25, 0.3) is 0 Å². The summed E-state index contributed by atoms with van der Waals surface area (Å²) in [6.45, 7) is 5.31. The lowest BCUT2D eigenvalue weighted by atomic mass is 10.1. The summed E-state index contributed by atoms with van der Waals surface area (Å²) in [5.41, 5.74) is 1.15. The molecule has 1 fully saturated rings. The van der Waals surface area contributed by atoms with E-state index in [1.54, 1.807) is 7.11 Å². The van der Waals surface area contributed by atoms with Crippen LogP contribution in [0.1, 0.15) is 25.3 Å². The Kier molecular flexibility index (Phi) is 6.42. The lowest BCUT2D eigenvalue weighted by Gasteiger charge is -2.37. The Balaban J connectivity index is 1.75. The van der Waals surface area contributed by atoms with Crippen molar-refractivity contribution in [3.8, 4) is 11.8 Å². The van der Waals surface area contributed by atoms with E-state index in [0.29, 0.717) is 12.8 Å². The molecule has 1 atom stereocenters. The molecule has 1 aliphatic rings. The Morgan fingerprint density at radius 2 is 1.91 bits per heavy atom. The van der Waals surface area contributed by atoms with Crippen molar-refractivity contribution < 1.29 is 9.53 Å². The monoisotopic (exact) mass is 315 g/mol. The summed E-state index contributed by atoms with van der Waals surface area (Å²) in [7, 11) is 1.65. The van der Waals surface area contributed by atoms with E-state index in [-0.39, 0.29) is 11.9 Å². The molecule has 1 aromatic carbocycles. The number of hydrogen-bond donors (Lipinski definition) is 0. The third-order valence-corrected chi connectivity index (χ3v) is 4.46. The minimum atomic E-state index is 0.216. The first kappa shape index (κ1) is 17.3. The molecule has 1 aromatic rings. The van der Waals surface area contributed by atoms with Gasteiger partial charge in [-0.25, -0.2) is 0 Å². The number of carbonyl (C=O) groups is 1. The summed E-state index contributed by atoms with van der Waals surface area (Å²) in [5.74, 6) is 1.05. The molecular formula is C18H25N3O2. The molecule has 0 aliphatic carbocycles. The number of rotatable bonds is 6. The Labute approximate surface area is 138 Å². The maximum absolute atomic E-state index is 12.3. The van der Waals surface area contributed by atoms with E-state index in [2.05, 4.69) is 17.9 Å². The second-order valence-electron chi connectivity index (χ2n) is 5.98. The average Bonchev–Trinajstić information content (AvgIpc) is 2.60. The van der Waals surface area contributed by atoms with E-state index >= 15 is 0 Å². The van der Waals surface area contributed by atoms with Gasteiger partial charge in [0.05, 0.1) is 19.6 Å². The van der Waals surface area contributed by atoms with Gasteiger partial charge in [0.25, 0.3) is 0 Å². The largest absolute Gasteiger partial charge is 0.497 e. The molecule has 2 rings (SSSR count). The van der Waals surface area contributed by atoms with Crippen LogP contribution >= 0.6 is 0 Å². The molecule has 0 bridgehead atoms. The lowest BCUT2D eigenvalue weighted by Crippen LogP contribution is -2.51. The van der Waals surface area contributed by atoms with Gasteiger partial charge < -0.3 is 9.64 Å². The van der Waals surface area contributed by atoms with Gasteiger partial charge in [-0.3, -0.25) is 9.69 Å². The third kappa shape index (κ3) is 4.97. The van der Waals surface area contributed by atoms with E-state index in [4.69, 9.17) is 10.00 Å². The van der Waals surface area contributed by atoms with E-state index in [9.17, 15) is 4.79 Å². The zero-order valence-electron chi connectivity index (χ0n) is 14.0. The molecule has 1 heterocycles. The maximum atomic E-state index is 12.3. The van der Waals surface area contributed by atoms with Crippen molar-refractivity contribution in [2.24, 2.45) is 0 Å². The van der Waals surface area contributed by atoms with Crippen molar-refractivity contribution in [2.45, 2.75) is 32.2 Å². The molecule has 0 radical (unpaired) electrons. The molecule has 23 heavy (non-hydrogen) atoms. The molecule has 124 valence electrons. The number of nitriles is 1. The summed E-state index contributed by atoms with van der Waals surface area (Å²) in [5, 5.41) is 8.77. The third-order valence-electron chi connectivity index (χ3n) is 4.46. The van der Waals surface area contributed by atoms with Gasteiger partial charge in [0.2, 0.25) is 5.91 Å². The molecule has 1 aliphatic heterocycles. The highest BCUT2D eigenvalue weighted by atomic mass is 16.5. The molecule has 5 nitrogen and oxygen atoms in total. The summed E-state index contributed by atoms with van der Waals surface area (Å²) < 4.78 is 5.14. The Bertz CT molecular complexity index is 542. The van der Waals surface area contributed by atoms with Crippen LogP contribution in [0.5, 0.6) is 5.75 Å². The smallest absolute Gasteiger partial charge is 0.222 e. The predicted molar refractivity (Wildman–Crippen MR) is 89.2 cm³/mol. The second kappa shape index (κ2) is 8.54. The van der Waals surface area contributed by atoms with Crippen LogP contribution in [-0.2, 0) is 11.2 Å². The lowest BCUT2D eigenvalue weighted by molar-refractivity contribution is -0.133. The van der Waals surface area contributed by atoms with Gasteiger partial charge in [-0.05, 0) is 31.0 Å². The van der Waals surface area contributed by atoms with Crippen LogP contribution in [-0.4, -0.2) is 55.0 Å². The van der Waals surface area contributed by atoms with Crippen molar-refractivity contribution in [3.63, 3.8) is 0 Å². The minimum absolute atomic E-state index is 0.216. The topological polar surface area (TPSA) is 56.6 Å². The average molecular weight is 315 g/mol. The number of benzene rings is 1. The first-order valence-corrected chi connectivity index (χ1v) is 8.15. The van der Waals surface area contributed by atoms with Crippen molar-refractivity contribution in [2.75, 3.05) is 33.3 Å². The number of ether oxygens (including phenoxy) is 1. The Morgan fingerprint density at radius 3 is 2.48 bits per heavy atom. The number of carbonyl (C=O) groups excluding carboxylic acids is 1. The highest BCUT2D eigenvalue weighted by Gasteiger charge is 2.23. The molecule has 0 unspecified atom stereocenters. The standard InChI is InChI=1S/C18H25N3O2/c1-15(9-10-19)20-11-13-21(14-12-20)18(22)8-5-16-3-6-17(23-2)7-4-16/h3-4,6-7,15H,5,8-9,11-14H2,1-2H3/t15-/m1/s1. The maximum Gasteiger partial charge on any atom is 0.222 e. The quantitative estimate of drug-likeness (QED) is 0.806. The highest BCUT2D eigenvalue weighted by molar-refractivity contribution is 5.76. The molecule has 1 amide bonds. The fourth-order valence-corrected chi connectivity index (χ4v) is 2.87. The normalized spacial score (nSPS) is 16.7. The summed E-state index contributed by atoms with van der Waals surface area (Å²) in [4.78, 5) is 16.6. The molecule has 0 aromatic heterocycles. The number of methoxy groups -OCH3 is 1. The van der Waals surface area contributed by atoms with Gasteiger partial charge in [-0.15, -0.1) is 0 Å². The molecule has 5 heteroatoms. The van der Waals surface area contributed by atoms with Gasteiger partial charge in [0, 0.05) is 38.6 Å². The van der Waals surface area contributed by atoms with E-state index in [1.165, 1.54) is 0 Å². The zero-order valence-corrected chi connectivity index (χ0v) is 14.0. The van der Waals surface area contributed by atoms with Gasteiger partial charge in [-0.1, -0.05) is 12.1 Å². The van der Waals surface area contributed by atoms with Crippen molar-refractivity contribution >= 4 is 5.91 Å². The van der Waals surface area contributed by atoms with Crippen molar-refractivity contribution in [3.05, 3.63) is 29.8 Å². The van der Waals surface area contributed by atoms with Crippen molar-refractivity contribution in [1.82, 2.24) is 9.80 Å². The van der Waals surface area contributed by atoms with Gasteiger partial charge in [-0.2, -0.15) is 5.26 Å². The number of hydrogen-bond acceptors (Lipinski definition) is 4. The summed E-state index contributed by atoms with van der Waals surface area (Å²) in [6, 6.07) is 10.4. The van der Waals surface area contributed by atoms with Crippen LogP contribution in [0.3, 0.4) is 0 Å². The van der Waals surface area contributed by atoms with E-state index in [0.717, 1.165) is 43.9 Å². The first-order valence-electron chi connectivity index (χ1n) is 8.15.